The number of fused-ring (bicyclic) bond motifs is 3. The van der Waals surface area contributed by atoms with Gasteiger partial charge in [-0.15, -0.1) is 0 Å². The van der Waals surface area contributed by atoms with Crippen LogP contribution in [0.3, 0.4) is 0 Å². The highest BCUT2D eigenvalue weighted by atomic mass is 32.1. The van der Waals surface area contributed by atoms with Crippen molar-refractivity contribution in [2.45, 2.75) is 37.9 Å². The first-order valence-corrected chi connectivity index (χ1v) is 10.8. The van der Waals surface area contributed by atoms with Crippen LogP contribution in [0.5, 0.6) is 0 Å². The number of aromatic nitrogens is 1. The fraction of sp³-hybridized carbons (Fsp3) is 0.364. The molecule has 2 unspecified atom stereocenters. The van der Waals surface area contributed by atoms with Crippen molar-refractivity contribution in [3.63, 3.8) is 0 Å². The van der Waals surface area contributed by atoms with Crippen molar-refractivity contribution in [1.29, 1.82) is 0 Å². The summed E-state index contributed by atoms with van der Waals surface area (Å²) >= 11 is 1.44. The Balaban J connectivity index is 1.27. The summed E-state index contributed by atoms with van der Waals surface area (Å²) < 4.78 is 4.32. The molecule has 2 aliphatic rings. The molecule has 0 spiro atoms. The fourth-order valence-electron chi connectivity index (χ4n) is 4.56. The van der Waals surface area contributed by atoms with Gasteiger partial charge in [0.1, 0.15) is 0 Å². The lowest BCUT2D eigenvalue weighted by Gasteiger charge is -2.29. The maximum atomic E-state index is 12.9. The Morgan fingerprint density at radius 1 is 1.11 bits per heavy atom. The van der Waals surface area contributed by atoms with E-state index in [1.807, 2.05) is 28.5 Å². The number of hydrogen-bond acceptors (Lipinski definition) is 4. The topological polar surface area (TPSA) is 48.5 Å². The number of nitrogens with one attached hydrogen (secondary N) is 1. The third-order valence-electron chi connectivity index (χ3n) is 6.04. The van der Waals surface area contributed by atoms with Crippen molar-refractivity contribution >= 4 is 34.2 Å². The second kappa shape index (κ2) is 7.53. The van der Waals surface area contributed by atoms with Crippen molar-refractivity contribution in [3.8, 4) is 0 Å². The number of carbonyl (C=O) groups excluding carboxylic acids is 1. The van der Waals surface area contributed by atoms with Gasteiger partial charge >= 0.3 is 6.03 Å². The Kier molecular flexibility index (Phi) is 4.74. The molecular formula is C22H24N4OS. The number of benzene rings is 2. The van der Waals surface area contributed by atoms with Gasteiger partial charge in [0.2, 0.25) is 0 Å². The molecule has 2 amide bonds. The second-order valence-electron chi connectivity index (χ2n) is 7.80. The Morgan fingerprint density at radius 2 is 1.96 bits per heavy atom. The number of anilines is 1. The zero-order chi connectivity index (χ0) is 18.9. The van der Waals surface area contributed by atoms with Crippen LogP contribution in [0.25, 0.3) is 10.9 Å². The Hall–Kier alpha value is -2.44. The van der Waals surface area contributed by atoms with E-state index in [0.717, 1.165) is 42.6 Å². The molecule has 6 heteroatoms. The molecule has 0 saturated carbocycles. The van der Waals surface area contributed by atoms with Crippen molar-refractivity contribution in [3.05, 3.63) is 59.5 Å². The van der Waals surface area contributed by atoms with E-state index in [9.17, 15) is 4.79 Å². The SMILES string of the molecule is O=C(Nc1ccc2nscc2c1)N1CCC2CCC(C1)N2Cc1ccccc1. The number of urea groups is 1. The summed E-state index contributed by atoms with van der Waals surface area (Å²) in [5, 5.41) is 6.18. The maximum absolute atomic E-state index is 12.9. The summed E-state index contributed by atoms with van der Waals surface area (Å²) in [5.74, 6) is 0. The normalized spacial score (nSPS) is 22.4. The first kappa shape index (κ1) is 17.6. The van der Waals surface area contributed by atoms with E-state index in [1.54, 1.807) is 0 Å². The molecule has 1 N–H and O–H groups in total. The standard InChI is InChI=1S/C22H24N4OS/c27-22(23-18-6-9-21-17(12-18)15-28-24-21)25-11-10-19-7-8-20(14-25)26(19)13-16-4-2-1-3-5-16/h1-6,9,12,15,19-20H,7-8,10-11,13-14H2,(H,23,27). The van der Waals surface area contributed by atoms with Gasteiger partial charge in [0.15, 0.2) is 0 Å². The predicted molar refractivity (Wildman–Crippen MR) is 114 cm³/mol. The molecule has 2 aliphatic heterocycles. The second-order valence-corrected chi connectivity index (χ2v) is 8.43. The van der Waals surface area contributed by atoms with Gasteiger partial charge in [-0.25, -0.2) is 4.79 Å². The number of rotatable bonds is 3. The number of hydrogen-bond donors (Lipinski definition) is 1. The van der Waals surface area contributed by atoms with Crippen LogP contribution in [0.15, 0.2) is 53.9 Å². The Bertz CT molecular complexity index is 973. The Labute approximate surface area is 169 Å². The van der Waals surface area contributed by atoms with Crippen LogP contribution in [0, 0.1) is 0 Å². The van der Waals surface area contributed by atoms with Crippen LogP contribution < -0.4 is 5.32 Å². The molecular weight excluding hydrogens is 368 g/mol. The van der Waals surface area contributed by atoms with Crippen LogP contribution in [0.4, 0.5) is 10.5 Å². The molecule has 144 valence electrons. The number of amides is 2. The van der Waals surface area contributed by atoms with Crippen LogP contribution in [0.1, 0.15) is 24.8 Å². The molecule has 2 bridgehead atoms. The molecule has 5 nitrogen and oxygen atoms in total. The summed E-state index contributed by atoms with van der Waals surface area (Å²) in [6.07, 6.45) is 3.47. The quantitative estimate of drug-likeness (QED) is 0.710. The van der Waals surface area contributed by atoms with E-state index in [4.69, 9.17) is 0 Å². The first-order valence-electron chi connectivity index (χ1n) is 9.96. The van der Waals surface area contributed by atoms with E-state index in [-0.39, 0.29) is 6.03 Å². The Morgan fingerprint density at radius 3 is 2.86 bits per heavy atom. The van der Waals surface area contributed by atoms with Gasteiger partial charge in [-0.2, -0.15) is 4.37 Å². The van der Waals surface area contributed by atoms with E-state index in [0.29, 0.717) is 12.1 Å². The first-order chi connectivity index (χ1) is 13.8. The third-order valence-corrected chi connectivity index (χ3v) is 6.70. The van der Waals surface area contributed by atoms with Gasteiger partial charge in [-0.1, -0.05) is 30.3 Å². The van der Waals surface area contributed by atoms with E-state index < -0.39 is 0 Å². The molecule has 1 aromatic heterocycles. The van der Waals surface area contributed by atoms with Crippen molar-refractivity contribution in [2.75, 3.05) is 18.4 Å². The molecule has 2 atom stereocenters. The number of nitrogens with zero attached hydrogens (tertiary/aromatic N) is 3. The molecule has 2 fully saturated rings. The van der Waals surface area contributed by atoms with Crippen LogP contribution in [-0.2, 0) is 6.54 Å². The summed E-state index contributed by atoms with van der Waals surface area (Å²) in [5.41, 5.74) is 3.18. The molecule has 3 aromatic rings. The average molecular weight is 393 g/mol. The minimum atomic E-state index is 0.00903. The lowest BCUT2D eigenvalue weighted by atomic mass is 10.1. The summed E-state index contributed by atoms with van der Waals surface area (Å²) in [6.45, 7) is 2.60. The highest BCUT2D eigenvalue weighted by Crippen LogP contribution is 2.32. The minimum Gasteiger partial charge on any atom is -0.323 e. The van der Waals surface area contributed by atoms with Gasteiger partial charge in [0.25, 0.3) is 0 Å². The molecule has 2 saturated heterocycles. The van der Waals surface area contributed by atoms with Crippen molar-refractivity contribution in [1.82, 2.24) is 14.2 Å². The zero-order valence-corrected chi connectivity index (χ0v) is 16.6. The number of likely N-dealkylation sites (tertiary alicyclic amines) is 1. The molecule has 5 rings (SSSR count). The summed E-state index contributed by atoms with van der Waals surface area (Å²) in [7, 11) is 0. The molecule has 0 radical (unpaired) electrons. The van der Waals surface area contributed by atoms with Crippen molar-refractivity contribution in [2.24, 2.45) is 0 Å². The van der Waals surface area contributed by atoms with Crippen molar-refractivity contribution < 1.29 is 4.79 Å². The van der Waals surface area contributed by atoms with Gasteiger partial charge in [-0.3, -0.25) is 4.90 Å². The molecule has 3 heterocycles. The van der Waals surface area contributed by atoms with Crippen LogP contribution in [0.2, 0.25) is 0 Å². The van der Waals surface area contributed by atoms with Gasteiger partial charge in [-0.05, 0) is 54.6 Å². The van der Waals surface area contributed by atoms with Gasteiger partial charge < -0.3 is 10.2 Å². The highest BCUT2D eigenvalue weighted by Gasteiger charge is 2.38. The number of carbonyl (C=O) groups is 1. The zero-order valence-electron chi connectivity index (χ0n) is 15.8. The van der Waals surface area contributed by atoms with Crippen LogP contribution in [-0.4, -0.2) is 45.4 Å². The minimum absolute atomic E-state index is 0.00903. The maximum Gasteiger partial charge on any atom is 0.321 e. The van der Waals surface area contributed by atoms with E-state index >= 15 is 0 Å². The lowest BCUT2D eigenvalue weighted by Crippen LogP contribution is -2.42. The molecule has 0 aliphatic carbocycles. The largest absolute Gasteiger partial charge is 0.323 e. The van der Waals surface area contributed by atoms with E-state index in [1.165, 1.54) is 29.9 Å². The molecule has 2 aromatic carbocycles. The highest BCUT2D eigenvalue weighted by molar-refractivity contribution is 7.04. The lowest BCUT2D eigenvalue weighted by molar-refractivity contribution is 0.178. The monoisotopic (exact) mass is 392 g/mol. The summed E-state index contributed by atoms with van der Waals surface area (Å²) in [4.78, 5) is 17.5. The van der Waals surface area contributed by atoms with Gasteiger partial charge in [0, 0.05) is 48.2 Å². The predicted octanol–water partition coefficient (Wildman–Crippen LogP) is 4.57. The molecule has 28 heavy (non-hydrogen) atoms. The third kappa shape index (κ3) is 3.50. The van der Waals surface area contributed by atoms with Crippen LogP contribution >= 0.6 is 11.5 Å². The summed E-state index contributed by atoms with van der Waals surface area (Å²) in [6, 6.07) is 17.6. The smallest absolute Gasteiger partial charge is 0.321 e. The van der Waals surface area contributed by atoms with Gasteiger partial charge in [0.05, 0.1) is 5.52 Å². The average Bonchev–Trinajstić information content (AvgIpc) is 3.26. The van der Waals surface area contributed by atoms with E-state index in [2.05, 4.69) is 44.9 Å². The fourth-order valence-corrected chi connectivity index (χ4v) is 5.20.